The predicted molar refractivity (Wildman–Crippen MR) is 98.6 cm³/mol. The van der Waals surface area contributed by atoms with Crippen LogP contribution in [0.1, 0.15) is 38.2 Å². The number of hydrogen-bond acceptors (Lipinski definition) is 5. The third-order valence-corrected chi connectivity index (χ3v) is 5.20. The van der Waals surface area contributed by atoms with Crippen LogP contribution in [0, 0.1) is 5.41 Å². The molecule has 1 atom stereocenters. The van der Waals surface area contributed by atoms with Crippen LogP contribution in [0.15, 0.2) is 41.0 Å². The molecule has 0 saturated carbocycles. The highest BCUT2D eigenvalue weighted by molar-refractivity contribution is 6.35. The Kier molecular flexibility index (Phi) is 4.80. The van der Waals surface area contributed by atoms with E-state index < -0.39 is 11.9 Å². The Morgan fingerprint density at radius 2 is 2.00 bits per heavy atom. The summed E-state index contributed by atoms with van der Waals surface area (Å²) in [4.78, 5) is 25.4. The summed E-state index contributed by atoms with van der Waals surface area (Å²) in [5.41, 5.74) is 6.83. The second kappa shape index (κ2) is 6.63. The van der Waals surface area contributed by atoms with Crippen LogP contribution in [0.2, 0.25) is 10.0 Å². The van der Waals surface area contributed by atoms with E-state index in [0.29, 0.717) is 39.8 Å². The zero-order valence-corrected chi connectivity index (χ0v) is 16.2. The molecule has 2 N–H and O–H groups in total. The highest BCUT2D eigenvalue weighted by Gasteiger charge is 2.45. The van der Waals surface area contributed by atoms with Crippen LogP contribution in [-0.4, -0.2) is 18.9 Å². The van der Waals surface area contributed by atoms with Gasteiger partial charge < -0.3 is 15.2 Å². The average Bonchev–Trinajstić information content (AvgIpc) is 2.51. The van der Waals surface area contributed by atoms with Crippen LogP contribution in [0.3, 0.4) is 0 Å². The number of methoxy groups -OCH3 is 1. The Morgan fingerprint density at radius 1 is 1.31 bits per heavy atom. The molecule has 0 spiro atoms. The molecule has 138 valence electrons. The number of ether oxygens (including phenoxy) is 2. The molecule has 1 heterocycles. The number of benzene rings is 1. The third kappa shape index (κ3) is 3.21. The summed E-state index contributed by atoms with van der Waals surface area (Å²) in [6.07, 6.45) is 0.871. The Bertz CT molecular complexity index is 870. The van der Waals surface area contributed by atoms with Crippen LogP contribution in [0.4, 0.5) is 0 Å². The molecule has 1 aromatic rings. The summed E-state index contributed by atoms with van der Waals surface area (Å²) >= 11 is 12.4. The van der Waals surface area contributed by atoms with Gasteiger partial charge in [-0.25, -0.2) is 4.79 Å². The second-order valence-electron chi connectivity index (χ2n) is 7.25. The maximum absolute atomic E-state index is 12.9. The van der Waals surface area contributed by atoms with Gasteiger partial charge in [0.25, 0.3) is 0 Å². The summed E-state index contributed by atoms with van der Waals surface area (Å²) in [6, 6.07) is 4.91. The Balaban J connectivity index is 2.24. The monoisotopic (exact) mass is 395 g/mol. The lowest BCUT2D eigenvalue weighted by Crippen LogP contribution is -2.35. The van der Waals surface area contributed by atoms with Gasteiger partial charge in [-0.05, 0) is 23.1 Å². The first-order chi connectivity index (χ1) is 12.1. The normalized spacial score (nSPS) is 22.0. The third-order valence-electron chi connectivity index (χ3n) is 4.63. The zero-order valence-electron chi connectivity index (χ0n) is 14.7. The highest BCUT2D eigenvalue weighted by atomic mass is 35.5. The molecule has 26 heavy (non-hydrogen) atoms. The van der Waals surface area contributed by atoms with Crippen molar-refractivity contribution in [1.82, 2.24) is 0 Å². The number of ketones is 1. The lowest BCUT2D eigenvalue weighted by atomic mass is 9.70. The van der Waals surface area contributed by atoms with Crippen LogP contribution < -0.4 is 5.73 Å². The molecular formula is C19H19Cl2NO4. The Hall–Kier alpha value is -1.98. The van der Waals surface area contributed by atoms with E-state index in [-0.39, 0.29) is 22.7 Å². The molecule has 3 rings (SSSR count). The van der Waals surface area contributed by atoms with Crippen molar-refractivity contribution < 1.29 is 19.1 Å². The maximum atomic E-state index is 12.9. The van der Waals surface area contributed by atoms with E-state index in [0.717, 1.165) is 0 Å². The van der Waals surface area contributed by atoms with Gasteiger partial charge in [-0.2, -0.15) is 0 Å². The van der Waals surface area contributed by atoms with Gasteiger partial charge in [0.05, 0.1) is 13.0 Å². The summed E-state index contributed by atoms with van der Waals surface area (Å²) in [7, 11) is 1.25. The summed E-state index contributed by atoms with van der Waals surface area (Å²) < 4.78 is 10.6. The van der Waals surface area contributed by atoms with E-state index in [1.807, 2.05) is 13.8 Å². The van der Waals surface area contributed by atoms with Gasteiger partial charge in [0, 0.05) is 28.5 Å². The predicted octanol–water partition coefficient (Wildman–Crippen LogP) is 4.09. The molecule has 0 saturated heterocycles. The van der Waals surface area contributed by atoms with Crippen molar-refractivity contribution >= 4 is 35.0 Å². The number of rotatable bonds is 2. The highest BCUT2D eigenvalue weighted by Crippen LogP contribution is 2.49. The second-order valence-corrected chi connectivity index (χ2v) is 8.09. The SMILES string of the molecule is COC(=O)C1=C(N)OC2=C(C(=O)CC(C)(C)C2)[C@@H]1c1ccc(Cl)cc1Cl. The van der Waals surface area contributed by atoms with Crippen LogP contribution >= 0.6 is 23.2 Å². The molecule has 1 aliphatic carbocycles. The fraction of sp³-hybridized carbons (Fsp3) is 0.368. The topological polar surface area (TPSA) is 78.6 Å². The molecular weight excluding hydrogens is 377 g/mol. The molecule has 7 heteroatoms. The summed E-state index contributed by atoms with van der Waals surface area (Å²) in [6.45, 7) is 3.97. The molecule has 1 aliphatic heterocycles. The van der Waals surface area contributed by atoms with E-state index in [1.165, 1.54) is 7.11 Å². The van der Waals surface area contributed by atoms with E-state index in [2.05, 4.69) is 0 Å². The fourth-order valence-electron chi connectivity index (χ4n) is 3.54. The smallest absolute Gasteiger partial charge is 0.340 e. The van der Waals surface area contributed by atoms with Gasteiger partial charge in [0.1, 0.15) is 11.3 Å². The molecule has 0 fully saturated rings. The molecule has 2 aliphatic rings. The number of esters is 1. The lowest BCUT2D eigenvalue weighted by Gasteiger charge is -2.38. The van der Waals surface area contributed by atoms with E-state index in [4.69, 9.17) is 38.4 Å². The van der Waals surface area contributed by atoms with Crippen molar-refractivity contribution in [3.8, 4) is 0 Å². The number of hydrogen-bond donors (Lipinski definition) is 1. The molecule has 0 radical (unpaired) electrons. The first-order valence-electron chi connectivity index (χ1n) is 8.11. The van der Waals surface area contributed by atoms with Crippen molar-refractivity contribution in [1.29, 1.82) is 0 Å². The van der Waals surface area contributed by atoms with Crippen molar-refractivity contribution in [2.45, 2.75) is 32.6 Å². The number of Topliss-reactive ketones (excluding diaryl/α,β-unsaturated/α-hetero) is 1. The zero-order chi connectivity index (χ0) is 19.2. The number of carbonyl (C=O) groups is 2. The molecule has 0 amide bonds. The van der Waals surface area contributed by atoms with E-state index >= 15 is 0 Å². The van der Waals surface area contributed by atoms with E-state index in [9.17, 15) is 9.59 Å². The number of allylic oxidation sites excluding steroid dienone is 2. The number of carbonyl (C=O) groups excluding carboxylic acids is 2. The van der Waals surface area contributed by atoms with Gasteiger partial charge in [-0.3, -0.25) is 4.79 Å². The maximum Gasteiger partial charge on any atom is 0.340 e. The van der Waals surface area contributed by atoms with Gasteiger partial charge >= 0.3 is 5.97 Å². The fourth-order valence-corrected chi connectivity index (χ4v) is 4.06. The summed E-state index contributed by atoms with van der Waals surface area (Å²) in [5, 5.41) is 0.788. The minimum Gasteiger partial charge on any atom is -0.465 e. The van der Waals surface area contributed by atoms with Crippen LogP contribution in [0.25, 0.3) is 0 Å². The lowest BCUT2D eigenvalue weighted by molar-refractivity contribution is -0.136. The molecule has 0 aromatic heterocycles. The van der Waals surface area contributed by atoms with Crippen molar-refractivity contribution in [3.63, 3.8) is 0 Å². The molecule has 0 bridgehead atoms. The first-order valence-corrected chi connectivity index (χ1v) is 8.87. The van der Waals surface area contributed by atoms with Crippen molar-refractivity contribution in [2.24, 2.45) is 11.1 Å². The number of nitrogens with two attached hydrogens (primary N) is 1. The minimum atomic E-state index is -0.750. The van der Waals surface area contributed by atoms with Gasteiger partial charge in [0.15, 0.2) is 5.78 Å². The quantitative estimate of drug-likeness (QED) is 0.762. The van der Waals surface area contributed by atoms with Gasteiger partial charge in [-0.1, -0.05) is 43.1 Å². The van der Waals surface area contributed by atoms with Gasteiger partial charge in [0.2, 0.25) is 5.88 Å². The van der Waals surface area contributed by atoms with E-state index in [1.54, 1.807) is 18.2 Å². The Labute approximate surface area is 161 Å². The first kappa shape index (κ1) is 18.8. The van der Waals surface area contributed by atoms with Crippen molar-refractivity contribution in [3.05, 3.63) is 56.6 Å². The molecule has 0 unspecified atom stereocenters. The van der Waals surface area contributed by atoms with Crippen LogP contribution in [-0.2, 0) is 19.1 Å². The molecule has 5 nitrogen and oxygen atoms in total. The molecule has 1 aromatic carbocycles. The largest absolute Gasteiger partial charge is 0.465 e. The van der Waals surface area contributed by atoms with Crippen LogP contribution in [0.5, 0.6) is 0 Å². The van der Waals surface area contributed by atoms with Gasteiger partial charge in [-0.15, -0.1) is 0 Å². The standard InChI is InChI=1S/C19H19Cl2NO4/c1-19(2)7-12(23)15-13(8-19)26-17(22)16(18(24)25-3)14(15)10-5-4-9(20)6-11(10)21/h4-6,14H,7-8,22H2,1-3H3/t14-/m0/s1. The number of halogens is 2. The Morgan fingerprint density at radius 3 is 2.62 bits per heavy atom. The average molecular weight is 396 g/mol. The van der Waals surface area contributed by atoms with Crippen molar-refractivity contribution in [2.75, 3.05) is 7.11 Å². The minimum absolute atomic E-state index is 0.0721. The summed E-state index contributed by atoms with van der Waals surface area (Å²) in [5.74, 6) is -1.10.